The average Bonchev–Trinajstić information content (AvgIpc) is 2.64. The second kappa shape index (κ2) is 3.12. The van der Waals surface area contributed by atoms with Crippen molar-refractivity contribution >= 4 is 16.7 Å². The monoisotopic (exact) mass is 201 g/mol. The molecule has 0 unspecified atom stereocenters. The molecule has 0 saturated carbocycles. The number of hydrogen-bond acceptors (Lipinski definition) is 2. The maximum Gasteiger partial charge on any atom is 0.166 e. The fraction of sp³-hybridized carbons (Fsp3) is 0.250. The van der Waals surface area contributed by atoms with Gasteiger partial charge in [0, 0.05) is 23.5 Å². The zero-order chi connectivity index (χ0) is 10.3. The maximum absolute atomic E-state index is 11.8. The lowest BCUT2D eigenvalue weighted by atomic mass is 10.0. The minimum Gasteiger partial charge on any atom is -0.492 e. The molecule has 15 heavy (non-hydrogen) atoms. The second-order valence-electron chi connectivity index (χ2n) is 3.76. The largest absolute Gasteiger partial charge is 0.492 e. The van der Waals surface area contributed by atoms with Crippen molar-refractivity contribution in [2.75, 3.05) is 6.61 Å². The van der Waals surface area contributed by atoms with Crippen molar-refractivity contribution in [2.24, 2.45) is 0 Å². The van der Waals surface area contributed by atoms with Crippen LogP contribution in [0.4, 0.5) is 0 Å². The summed E-state index contributed by atoms with van der Waals surface area (Å²) in [5, 5.41) is 1.00. The van der Waals surface area contributed by atoms with Crippen molar-refractivity contribution in [1.29, 1.82) is 0 Å². The van der Waals surface area contributed by atoms with Crippen molar-refractivity contribution in [1.82, 2.24) is 4.98 Å². The number of aromatic nitrogens is 1. The molecule has 3 nitrogen and oxygen atoms in total. The highest BCUT2D eigenvalue weighted by Crippen LogP contribution is 2.32. The molecule has 2 heterocycles. The van der Waals surface area contributed by atoms with Gasteiger partial charge in [-0.3, -0.25) is 4.79 Å². The number of H-pyrrole nitrogens is 1. The van der Waals surface area contributed by atoms with Crippen molar-refractivity contribution in [2.45, 2.75) is 12.8 Å². The summed E-state index contributed by atoms with van der Waals surface area (Å²) in [6.07, 6.45) is 3.26. The van der Waals surface area contributed by atoms with E-state index in [0.717, 1.165) is 28.6 Å². The van der Waals surface area contributed by atoms with Gasteiger partial charge in [-0.05, 0) is 24.6 Å². The van der Waals surface area contributed by atoms with Gasteiger partial charge in [0.2, 0.25) is 0 Å². The summed E-state index contributed by atoms with van der Waals surface area (Å²) >= 11 is 0. The molecule has 3 heteroatoms. The molecule has 0 atom stereocenters. The van der Waals surface area contributed by atoms with Gasteiger partial charge in [-0.15, -0.1) is 0 Å². The lowest BCUT2D eigenvalue weighted by molar-refractivity contribution is 0.0983. The van der Waals surface area contributed by atoms with E-state index in [4.69, 9.17) is 4.74 Å². The molecule has 0 aliphatic carbocycles. The smallest absolute Gasteiger partial charge is 0.166 e. The van der Waals surface area contributed by atoms with E-state index in [1.165, 1.54) is 0 Å². The fourth-order valence-electron chi connectivity index (χ4n) is 2.02. The quantitative estimate of drug-likeness (QED) is 0.711. The van der Waals surface area contributed by atoms with E-state index >= 15 is 0 Å². The van der Waals surface area contributed by atoms with Crippen molar-refractivity contribution in [3.8, 4) is 5.75 Å². The van der Waals surface area contributed by atoms with Crippen LogP contribution in [0.2, 0.25) is 0 Å². The Kier molecular flexibility index (Phi) is 1.78. The van der Waals surface area contributed by atoms with Crippen LogP contribution in [0.5, 0.6) is 5.75 Å². The number of hydrogen-bond donors (Lipinski definition) is 1. The zero-order valence-electron chi connectivity index (χ0n) is 8.25. The topological polar surface area (TPSA) is 42.1 Å². The molecule has 0 bridgehead atoms. The van der Waals surface area contributed by atoms with E-state index in [1.54, 1.807) is 0 Å². The summed E-state index contributed by atoms with van der Waals surface area (Å²) in [4.78, 5) is 14.9. The standard InChI is InChI=1S/C12H11NO2/c14-11-2-1-7-15-12-8-5-6-13-10(8)4-3-9(11)12/h3-6,13H,1-2,7H2. The van der Waals surface area contributed by atoms with Crippen LogP contribution in [0.3, 0.4) is 0 Å². The molecule has 0 saturated heterocycles. The molecule has 76 valence electrons. The van der Waals surface area contributed by atoms with E-state index in [1.807, 2.05) is 24.4 Å². The molecular formula is C12H11NO2. The first-order valence-electron chi connectivity index (χ1n) is 5.12. The molecular weight excluding hydrogens is 190 g/mol. The van der Waals surface area contributed by atoms with Crippen LogP contribution in [0.25, 0.3) is 10.9 Å². The molecule has 0 spiro atoms. The summed E-state index contributed by atoms with van der Waals surface area (Å²) in [6, 6.07) is 5.73. The number of fused-ring (bicyclic) bond motifs is 3. The first-order valence-corrected chi connectivity index (χ1v) is 5.12. The summed E-state index contributed by atoms with van der Waals surface area (Å²) in [5.74, 6) is 0.932. The van der Waals surface area contributed by atoms with Gasteiger partial charge in [-0.1, -0.05) is 0 Å². The molecule has 2 aromatic rings. The molecule has 1 aromatic heterocycles. The summed E-state index contributed by atoms with van der Waals surface area (Å²) < 4.78 is 5.65. The zero-order valence-corrected chi connectivity index (χ0v) is 8.25. The maximum atomic E-state index is 11.8. The molecule has 0 fully saturated rings. The number of ether oxygens (including phenoxy) is 1. The van der Waals surface area contributed by atoms with E-state index in [2.05, 4.69) is 4.98 Å². The SMILES string of the molecule is O=C1CCCOc2c1ccc1[nH]ccc21. The number of carbonyl (C=O) groups excluding carboxylic acids is 1. The molecule has 0 amide bonds. The van der Waals surface area contributed by atoms with Crippen LogP contribution in [0, 0.1) is 0 Å². The van der Waals surface area contributed by atoms with Crippen molar-refractivity contribution in [3.05, 3.63) is 30.0 Å². The molecule has 1 aliphatic heterocycles. The summed E-state index contributed by atoms with van der Waals surface area (Å²) in [7, 11) is 0. The Labute approximate surface area is 87.1 Å². The van der Waals surface area contributed by atoms with Crippen LogP contribution in [-0.2, 0) is 0 Å². The van der Waals surface area contributed by atoms with Gasteiger partial charge in [0.05, 0.1) is 12.2 Å². The second-order valence-corrected chi connectivity index (χ2v) is 3.76. The third-order valence-corrected chi connectivity index (χ3v) is 2.78. The van der Waals surface area contributed by atoms with Gasteiger partial charge in [0.1, 0.15) is 5.75 Å². The number of ketones is 1. The van der Waals surface area contributed by atoms with E-state index in [9.17, 15) is 4.79 Å². The number of carbonyl (C=O) groups is 1. The highest BCUT2D eigenvalue weighted by molar-refractivity contribution is 6.04. The Balaban J connectivity index is 2.31. The first-order chi connectivity index (χ1) is 7.36. The molecule has 3 rings (SSSR count). The Bertz CT molecular complexity index is 527. The lowest BCUT2D eigenvalue weighted by Gasteiger charge is -2.06. The van der Waals surface area contributed by atoms with Crippen molar-refractivity contribution in [3.63, 3.8) is 0 Å². The van der Waals surface area contributed by atoms with Gasteiger partial charge in [0.15, 0.2) is 5.78 Å². The number of benzene rings is 1. The predicted molar refractivity (Wildman–Crippen MR) is 57.4 cm³/mol. The Morgan fingerprint density at radius 3 is 3.13 bits per heavy atom. The Hall–Kier alpha value is -1.77. The number of Topliss-reactive ketones (excluding diaryl/α,β-unsaturated/α-hetero) is 1. The minimum atomic E-state index is 0.186. The van der Waals surface area contributed by atoms with Gasteiger partial charge in [-0.2, -0.15) is 0 Å². The van der Waals surface area contributed by atoms with Crippen LogP contribution in [0.15, 0.2) is 24.4 Å². The van der Waals surface area contributed by atoms with Crippen LogP contribution >= 0.6 is 0 Å². The minimum absolute atomic E-state index is 0.186. The first kappa shape index (κ1) is 8.53. The van der Waals surface area contributed by atoms with Gasteiger partial charge in [0.25, 0.3) is 0 Å². The third kappa shape index (κ3) is 1.23. The van der Waals surface area contributed by atoms with Crippen LogP contribution in [0.1, 0.15) is 23.2 Å². The predicted octanol–water partition coefficient (Wildman–Crippen LogP) is 2.52. The molecule has 1 aromatic carbocycles. The Morgan fingerprint density at radius 1 is 1.27 bits per heavy atom. The summed E-state index contributed by atoms with van der Waals surface area (Å²) in [6.45, 7) is 0.628. The van der Waals surface area contributed by atoms with Crippen LogP contribution in [-0.4, -0.2) is 17.4 Å². The highest BCUT2D eigenvalue weighted by Gasteiger charge is 2.18. The highest BCUT2D eigenvalue weighted by atomic mass is 16.5. The summed E-state index contributed by atoms with van der Waals surface area (Å²) in [5.41, 5.74) is 1.74. The van der Waals surface area contributed by atoms with Gasteiger partial charge < -0.3 is 9.72 Å². The van der Waals surface area contributed by atoms with Crippen LogP contribution < -0.4 is 4.74 Å². The van der Waals surface area contributed by atoms with Gasteiger partial charge in [-0.25, -0.2) is 0 Å². The van der Waals surface area contributed by atoms with E-state index in [-0.39, 0.29) is 5.78 Å². The van der Waals surface area contributed by atoms with E-state index in [0.29, 0.717) is 13.0 Å². The lowest BCUT2D eigenvalue weighted by Crippen LogP contribution is -1.97. The average molecular weight is 201 g/mol. The number of nitrogens with one attached hydrogen (secondary N) is 1. The van der Waals surface area contributed by atoms with E-state index < -0.39 is 0 Å². The fourth-order valence-corrected chi connectivity index (χ4v) is 2.02. The normalized spacial score (nSPS) is 15.9. The molecule has 1 aliphatic rings. The third-order valence-electron chi connectivity index (χ3n) is 2.78. The number of rotatable bonds is 0. The van der Waals surface area contributed by atoms with Crippen molar-refractivity contribution < 1.29 is 9.53 Å². The molecule has 0 radical (unpaired) electrons. The number of aromatic amines is 1. The Morgan fingerprint density at radius 2 is 2.20 bits per heavy atom. The molecule has 1 N–H and O–H groups in total. The van der Waals surface area contributed by atoms with Gasteiger partial charge >= 0.3 is 0 Å².